The third-order valence-corrected chi connectivity index (χ3v) is 3.41. The molecule has 0 amide bonds. The lowest BCUT2D eigenvalue weighted by atomic mass is 9.87. The predicted molar refractivity (Wildman–Crippen MR) is 84.9 cm³/mol. The summed E-state index contributed by atoms with van der Waals surface area (Å²) < 4.78 is 0. The van der Waals surface area contributed by atoms with Crippen molar-refractivity contribution in [1.29, 1.82) is 0 Å². The zero-order valence-electron chi connectivity index (χ0n) is 13.4. The molecule has 0 bridgehead atoms. The van der Waals surface area contributed by atoms with E-state index in [-0.39, 0.29) is 10.8 Å². The van der Waals surface area contributed by atoms with E-state index in [2.05, 4.69) is 70.8 Å². The molecular formula is C18H24N2. The van der Waals surface area contributed by atoms with Crippen LogP contribution in [0.1, 0.15) is 52.8 Å². The second kappa shape index (κ2) is 5.01. The maximum Gasteiger partial charge on any atom is 0.0889 e. The van der Waals surface area contributed by atoms with Gasteiger partial charge in [-0.15, -0.1) is 0 Å². The molecule has 0 N–H and O–H groups in total. The molecule has 2 aromatic heterocycles. The van der Waals surface area contributed by atoms with Crippen molar-refractivity contribution in [1.82, 2.24) is 9.97 Å². The highest BCUT2D eigenvalue weighted by atomic mass is 14.8. The first-order valence-corrected chi connectivity index (χ1v) is 7.12. The Bertz CT molecular complexity index is 546. The van der Waals surface area contributed by atoms with Crippen molar-refractivity contribution < 1.29 is 0 Å². The Balaban J connectivity index is 2.47. The molecule has 2 aromatic rings. The van der Waals surface area contributed by atoms with E-state index in [1.807, 2.05) is 12.3 Å². The van der Waals surface area contributed by atoms with Gasteiger partial charge in [-0.25, -0.2) is 0 Å². The first-order chi connectivity index (χ1) is 9.18. The largest absolute Gasteiger partial charge is 0.255 e. The topological polar surface area (TPSA) is 25.8 Å². The first-order valence-electron chi connectivity index (χ1n) is 7.12. The van der Waals surface area contributed by atoms with Crippen LogP contribution in [0.2, 0.25) is 0 Å². The fraction of sp³-hybridized carbons (Fsp3) is 0.444. The molecule has 0 unspecified atom stereocenters. The van der Waals surface area contributed by atoms with Crippen LogP contribution in [0.3, 0.4) is 0 Å². The van der Waals surface area contributed by atoms with Crippen LogP contribution < -0.4 is 0 Å². The van der Waals surface area contributed by atoms with Crippen LogP contribution in [0.5, 0.6) is 0 Å². The number of aromatic nitrogens is 2. The lowest BCUT2D eigenvalue weighted by Gasteiger charge is -2.20. The summed E-state index contributed by atoms with van der Waals surface area (Å²) in [5.74, 6) is 0. The van der Waals surface area contributed by atoms with E-state index in [0.29, 0.717) is 0 Å². The second-order valence-corrected chi connectivity index (χ2v) is 7.34. The highest BCUT2D eigenvalue weighted by Crippen LogP contribution is 2.27. The van der Waals surface area contributed by atoms with Crippen molar-refractivity contribution in [2.45, 2.75) is 52.4 Å². The van der Waals surface area contributed by atoms with E-state index in [0.717, 1.165) is 17.1 Å². The molecule has 2 nitrogen and oxygen atoms in total. The summed E-state index contributed by atoms with van der Waals surface area (Å²) in [4.78, 5) is 9.26. The molecule has 0 saturated carbocycles. The Morgan fingerprint density at radius 1 is 0.800 bits per heavy atom. The standard InChI is InChI=1S/C18H24N2/c1-17(2,3)13-10-11-19-15(12-13)14-8-7-9-16(20-14)18(4,5)6/h7-12H,1-6H3. The molecule has 2 rings (SSSR count). The summed E-state index contributed by atoms with van der Waals surface area (Å²) in [6, 6.07) is 10.4. The van der Waals surface area contributed by atoms with Crippen LogP contribution in [0, 0.1) is 0 Å². The highest BCUT2D eigenvalue weighted by Gasteiger charge is 2.18. The molecule has 0 aliphatic rings. The number of hydrogen-bond acceptors (Lipinski definition) is 2. The molecular weight excluding hydrogens is 244 g/mol. The molecule has 0 spiro atoms. The minimum Gasteiger partial charge on any atom is -0.255 e. The maximum absolute atomic E-state index is 4.77. The van der Waals surface area contributed by atoms with Crippen molar-refractivity contribution in [2.75, 3.05) is 0 Å². The lowest BCUT2D eigenvalue weighted by molar-refractivity contribution is 0.569. The van der Waals surface area contributed by atoms with Gasteiger partial charge in [0.25, 0.3) is 0 Å². The van der Waals surface area contributed by atoms with Crippen LogP contribution in [0.15, 0.2) is 36.5 Å². The quantitative estimate of drug-likeness (QED) is 0.746. The monoisotopic (exact) mass is 268 g/mol. The summed E-state index contributed by atoms with van der Waals surface area (Å²) in [6.45, 7) is 13.2. The fourth-order valence-corrected chi connectivity index (χ4v) is 2.03. The minimum absolute atomic E-state index is 0.0532. The van der Waals surface area contributed by atoms with Crippen LogP contribution in [0.4, 0.5) is 0 Å². The van der Waals surface area contributed by atoms with Gasteiger partial charge in [-0.1, -0.05) is 47.6 Å². The van der Waals surface area contributed by atoms with Crippen LogP contribution in [0.25, 0.3) is 11.4 Å². The fourth-order valence-electron chi connectivity index (χ4n) is 2.03. The molecule has 0 aliphatic carbocycles. The summed E-state index contributed by atoms with van der Waals surface area (Å²) in [6.07, 6.45) is 1.88. The molecule has 0 fully saturated rings. The van der Waals surface area contributed by atoms with Crippen molar-refractivity contribution in [2.24, 2.45) is 0 Å². The van der Waals surface area contributed by atoms with Crippen molar-refractivity contribution in [3.05, 3.63) is 47.8 Å². The Kier molecular flexibility index (Phi) is 3.68. The summed E-state index contributed by atoms with van der Waals surface area (Å²) >= 11 is 0. The Hall–Kier alpha value is -1.70. The number of nitrogens with zero attached hydrogens (tertiary/aromatic N) is 2. The second-order valence-electron chi connectivity index (χ2n) is 7.34. The summed E-state index contributed by atoms with van der Waals surface area (Å²) in [5.41, 5.74) is 4.45. The van der Waals surface area contributed by atoms with Gasteiger partial charge in [-0.05, 0) is 35.2 Å². The highest BCUT2D eigenvalue weighted by molar-refractivity contribution is 5.55. The molecule has 2 heteroatoms. The number of hydrogen-bond donors (Lipinski definition) is 0. The predicted octanol–water partition coefficient (Wildman–Crippen LogP) is 4.74. The van der Waals surface area contributed by atoms with E-state index >= 15 is 0 Å². The molecule has 2 heterocycles. The SMILES string of the molecule is CC(C)(C)c1ccnc(-c2cccc(C(C)(C)C)n2)c1. The smallest absolute Gasteiger partial charge is 0.0889 e. The van der Waals surface area contributed by atoms with Gasteiger partial charge in [0.2, 0.25) is 0 Å². The third kappa shape index (κ3) is 3.24. The molecule has 0 atom stereocenters. The number of rotatable bonds is 1. The van der Waals surface area contributed by atoms with Crippen molar-refractivity contribution >= 4 is 0 Å². The average Bonchev–Trinajstić information content (AvgIpc) is 2.37. The van der Waals surface area contributed by atoms with Gasteiger partial charge < -0.3 is 0 Å². The van der Waals surface area contributed by atoms with E-state index in [9.17, 15) is 0 Å². The Labute approximate surface area is 122 Å². The lowest BCUT2D eigenvalue weighted by Crippen LogP contribution is -2.14. The Morgan fingerprint density at radius 3 is 2.10 bits per heavy atom. The third-order valence-electron chi connectivity index (χ3n) is 3.41. The molecule has 106 valence electrons. The van der Waals surface area contributed by atoms with E-state index in [1.54, 1.807) is 0 Å². The van der Waals surface area contributed by atoms with Gasteiger partial charge in [0.15, 0.2) is 0 Å². The van der Waals surface area contributed by atoms with Gasteiger partial charge in [0.05, 0.1) is 11.4 Å². The van der Waals surface area contributed by atoms with Crippen LogP contribution in [-0.2, 0) is 10.8 Å². The minimum atomic E-state index is 0.0532. The van der Waals surface area contributed by atoms with E-state index in [4.69, 9.17) is 4.98 Å². The van der Waals surface area contributed by atoms with Crippen LogP contribution in [-0.4, -0.2) is 9.97 Å². The molecule has 0 aromatic carbocycles. The van der Waals surface area contributed by atoms with Gasteiger partial charge in [-0.2, -0.15) is 0 Å². The summed E-state index contributed by atoms with van der Waals surface area (Å²) in [7, 11) is 0. The maximum atomic E-state index is 4.77. The Morgan fingerprint density at radius 2 is 1.50 bits per heavy atom. The van der Waals surface area contributed by atoms with E-state index in [1.165, 1.54) is 5.56 Å². The van der Waals surface area contributed by atoms with Crippen LogP contribution >= 0.6 is 0 Å². The summed E-state index contributed by atoms with van der Waals surface area (Å²) in [5, 5.41) is 0. The van der Waals surface area contributed by atoms with Gasteiger partial charge in [-0.3, -0.25) is 9.97 Å². The zero-order valence-corrected chi connectivity index (χ0v) is 13.4. The zero-order chi connectivity index (χ0) is 15.0. The number of pyridine rings is 2. The molecule has 20 heavy (non-hydrogen) atoms. The first kappa shape index (κ1) is 14.7. The molecule has 0 aliphatic heterocycles. The van der Waals surface area contributed by atoms with E-state index < -0.39 is 0 Å². The molecule has 0 saturated heterocycles. The molecule has 0 radical (unpaired) electrons. The van der Waals surface area contributed by atoms with Gasteiger partial charge in [0.1, 0.15) is 0 Å². The van der Waals surface area contributed by atoms with Gasteiger partial charge >= 0.3 is 0 Å². The van der Waals surface area contributed by atoms with Crippen molar-refractivity contribution in [3.63, 3.8) is 0 Å². The average molecular weight is 268 g/mol. The normalized spacial score (nSPS) is 12.5. The van der Waals surface area contributed by atoms with Gasteiger partial charge in [0, 0.05) is 17.3 Å². The van der Waals surface area contributed by atoms with Crippen molar-refractivity contribution in [3.8, 4) is 11.4 Å².